The molecule has 1 aromatic carbocycles. The van der Waals surface area contributed by atoms with E-state index in [1.807, 2.05) is 36.7 Å². The summed E-state index contributed by atoms with van der Waals surface area (Å²) in [5.41, 5.74) is 1.59. The van der Waals surface area contributed by atoms with Crippen molar-refractivity contribution < 1.29 is 4.79 Å². The summed E-state index contributed by atoms with van der Waals surface area (Å²) in [6, 6.07) is 7.47. The number of amides is 1. The van der Waals surface area contributed by atoms with Gasteiger partial charge in [-0.1, -0.05) is 41.6 Å². The molecule has 3 aromatic rings. The average molecular weight is 366 g/mol. The van der Waals surface area contributed by atoms with E-state index < -0.39 is 0 Å². The lowest BCUT2D eigenvalue weighted by Crippen LogP contribution is -2.14. The molecule has 1 amide bonds. The van der Waals surface area contributed by atoms with Crippen LogP contribution in [-0.2, 0) is 11.8 Å². The molecule has 0 bridgehead atoms. The number of aromatic nitrogens is 4. The van der Waals surface area contributed by atoms with Gasteiger partial charge in [0.15, 0.2) is 10.3 Å². The largest absolute Gasteiger partial charge is 0.312 e. The van der Waals surface area contributed by atoms with E-state index in [1.54, 1.807) is 10.9 Å². The van der Waals surface area contributed by atoms with E-state index in [9.17, 15) is 4.79 Å². The van der Waals surface area contributed by atoms with Gasteiger partial charge in [0.2, 0.25) is 5.91 Å². The van der Waals surface area contributed by atoms with E-state index >= 15 is 0 Å². The average Bonchev–Trinajstić information content (AvgIpc) is 3.15. The third-order valence-corrected chi connectivity index (χ3v) is 5.02. The van der Waals surface area contributed by atoms with E-state index in [4.69, 9.17) is 11.6 Å². The van der Waals surface area contributed by atoms with Gasteiger partial charge in [-0.3, -0.25) is 4.79 Å². The van der Waals surface area contributed by atoms with Gasteiger partial charge < -0.3 is 9.88 Å². The molecule has 1 N–H and O–H groups in total. The van der Waals surface area contributed by atoms with Crippen LogP contribution in [0.1, 0.15) is 0 Å². The summed E-state index contributed by atoms with van der Waals surface area (Å²) in [6.07, 6.45) is 1.59. The number of aryl methyl sites for hydroxylation is 1. The van der Waals surface area contributed by atoms with Crippen LogP contribution < -0.4 is 5.32 Å². The Hall–Kier alpha value is -1.90. The second-order valence-corrected chi connectivity index (χ2v) is 6.79. The lowest BCUT2D eigenvalue weighted by atomic mass is 10.2. The van der Waals surface area contributed by atoms with Gasteiger partial charge in [0, 0.05) is 23.0 Å². The van der Waals surface area contributed by atoms with Crippen LogP contribution in [0.15, 0.2) is 41.1 Å². The summed E-state index contributed by atoms with van der Waals surface area (Å²) in [6.45, 7) is 0. The fraction of sp³-hybridized carbons (Fsp3) is 0.143. The number of anilines is 1. The van der Waals surface area contributed by atoms with Crippen molar-refractivity contribution in [2.45, 2.75) is 5.16 Å². The van der Waals surface area contributed by atoms with Crippen LogP contribution >= 0.6 is 34.7 Å². The Balaban J connectivity index is 1.62. The molecule has 0 fully saturated rings. The quantitative estimate of drug-likeness (QED) is 0.702. The first-order valence-electron chi connectivity index (χ1n) is 6.60. The Bertz CT molecular complexity index is 832. The standard InChI is InChI=1S/C14H12ClN5OS2/c1-20-8-16-19-14(20)23-7-12(21)18-13-17-11(6-22-13)9-4-2-3-5-10(9)15/h2-6,8H,7H2,1H3,(H,17,18,21). The summed E-state index contributed by atoms with van der Waals surface area (Å²) >= 11 is 8.84. The van der Waals surface area contributed by atoms with E-state index in [0.717, 1.165) is 11.3 Å². The number of carbonyl (C=O) groups is 1. The lowest BCUT2D eigenvalue weighted by molar-refractivity contribution is -0.113. The maximum absolute atomic E-state index is 12.0. The van der Waals surface area contributed by atoms with Crippen molar-refractivity contribution in [3.63, 3.8) is 0 Å². The Kier molecular flexibility index (Phi) is 4.94. The monoisotopic (exact) mass is 365 g/mol. The minimum absolute atomic E-state index is 0.141. The van der Waals surface area contributed by atoms with E-state index in [2.05, 4.69) is 20.5 Å². The molecule has 0 saturated heterocycles. The van der Waals surface area contributed by atoms with Crippen LogP contribution in [0.4, 0.5) is 5.13 Å². The number of thiazole rings is 1. The number of thioether (sulfide) groups is 1. The van der Waals surface area contributed by atoms with Crippen molar-refractivity contribution in [1.82, 2.24) is 19.7 Å². The summed E-state index contributed by atoms with van der Waals surface area (Å²) in [4.78, 5) is 16.4. The molecular weight excluding hydrogens is 354 g/mol. The Labute approximate surface area is 145 Å². The van der Waals surface area contributed by atoms with Crippen LogP contribution in [0.5, 0.6) is 0 Å². The second-order valence-electron chi connectivity index (χ2n) is 4.58. The maximum atomic E-state index is 12.0. The molecule has 6 nitrogen and oxygen atoms in total. The number of carbonyl (C=O) groups excluding carboxylic acids is 1. The first-order chi connectivity index (χ1) is 11.1. The van der Waals surface area contributed by atoms with Gasteiger partial charge in [-0.05, 0) is 6.07 Å². The molecule has 0 spiro atoms. The molecule has 0 aliphatic carbocycles. The van der Waals surface area contributed by atoms with E-state index in [1.165, 1.54) is 23.1 Å². The van der Waals surface area contributed by atoms with Crippen LogP contribution in [0, 0.1) is 0 Å². The molecule has 23 heavy (non-hydrogen) atoms. The molecule has 0 atom stereocenters. The summed E-state index contributed by atoms with van der Waals surface area (Å²) in [5, 5.41) is 14.2. The first kappa shape index (κ1) is 16.0. The lowest BCUT2D eigenvalue weighted by Gasteiger charge is -2.02. The van der Waals surface area contributed by atoms with Crippen molar-refractivity contribution in [1.29, 1.82) is 0 Å². The molecule has 0 aliphatic heterocycles. The number of nitrogens with zero attached hydrogens (tertiary/aromatic N) is 4. The number of hydrogen-bond acceptors (Lipinski definition) is 6. The normalized spacial score (nSPS) is 10.7. The fourth-order valence-corrected chi connectivity index (χ4v) is 3.46. The number of halogens is 1. The summed E-state index contributed by atoms with van der Waals surface area (Å²) < 4.78 is 1.76. The summed E-state index contributed by atoms with van der Waals surface area (Å²) in [7, 11) is 1.83. The highest BCUT2D eigenvalue weighted by Crippen LogP contribution is 2.30. The molecule has 118 valence electrons. The summed E-state index contributed by atoms with van der Waals surface area (Å²) in [5.74, 6) is 0.103. The maximum Gasteiger partial charge on any atom is 0.236 e. The predicted octanol–water partition coefficient (Wildman–Crippen LogP) is 3.32. The zero-order valence-electron chi connectivity index (χ0n) is 12.1. The van der Waals surface area contributed by atoms with Gasteiger partial charge in [-0.25, -0.2) is 4.98 Å². The molecule has 0 saturated carbocycles. The number of nitrogens with one attached hydrogen (secondary N) is 1. The van der Waals surface area contributed by atoms with Crippen LogP contribution in [0.25, 0.3) is 11.3 Å². The molecule has 0 unspecified atom stereocenters. The third-order valence-electron chi connectivity index (χ3n) is 2.90. The smallest absolute Gasteiger partial charge is 0.236 e. The van der Waals surface area contributed by atoms with Gasteiger partial charge in [0.05, 0.1) is 11.4 Å². The van der Waals surface area contributed by atoms with Crippen molar-refractivity contribution in [2.24, 2.45) is 7.05 Å². The molecule has 2 heterocycles. The molecule has 9 heteroatoms. The van der Waals surface area contributed by atoms with Crippen LogP contribution in [-0.4, -0.2) is 31.4 Å². The zero-order chi connectivity index (χ0) is 16.2. The predicted molar refractivity (Wildman–Crippen MR) is 92.9 cm³/mol. The zero-order valence-corrected chi connectivity index (χ0v) is 14.5. The number of benzene rings is 1. The van der Waals surface area contributed by atoms with Crippen LogP contribution in [0.3, 0.4) is 0 Å². The second kappa shape index (κ2) is 7.12. The van der Waals surface area contributed by atoms with Gasteiger partial charge in [-0.15, -0.1) is 21.5 Å². The van der Waals surface area contributed by atoms with Crippen molar-refractivity contribution in [2.75, 3.05) is 11.1 Å². The van der Waals surface area contributed by atoms with E-state index in [-0.39, 0.29) is 11.7 Å². The SMILES string of the molecule is Cn1cnnc1SCC(=O)Nc1nc(-c2ccccc2Cl)cs1. The van der Waals surface area contributed by atoms with Gasteiger partial charge in [0.25, 0.3) is 0 Å². The van der Waals surface area contributed by atoms with Gasteiger partial charge in [0.1, 0.15) is 6.33 Å². The van der Waals surface area contributed by atoms with Crippen molar-refractivity contribution in [3.8, 4) is 11.3 Å². The van der Waals surface area contributed by atoms with Crippen molar-refractivity contribution >= 4 is 45.7 Å². The molecule has 0 radical (unpaired) electrons. The molecule has 3 rings (SSSR count). The van der Waals surface area contributed by atoms with E-state index in [0.29, 0.717) is 15.3 Å². The highest BCUT2D eigenvalue weighted by Gasteiger charge is 2.11. The van der Waals surface area contributed by atoms with Crippen molar-refractivity contribution in [3.05, 3.63) is 41.0 Å². The Morgan fingerprint density at radius 3 is 3.00 bits per heavy atom. The third kappa shape index (κ3) is 3.90. The van der Waals surface area contributed by atoms with Gasteiger partial charge >= 0.3 is 0 Å². The van der Waals surface area contributed by atoms with Crippen LogP contribution in [0.2, 0.25) is 5.02 Å². The Morgan fingerprint density at radius 1 is 1.43 bits per heavy atom. The Morgan fingerprint density at radius 2 is 2.26 bits per heavy atom. The molecular formula is C14H12ClN5OS2. The molecule has 0 aliphatic rings. The highest BCUT2D eigenvalue weighted by atomic mass is 35.5. The minimum Gasteiger partial charge on any atom is -0.312 e. The highest BCUT2D eigenvalue weighted by molar-refractivity contribution is 7.99. The first-order valence-corrected chi connectivity index (χ1v) is 8.85. The topological polar surface area (TPSA) is 72.7 Å². The molecule has 2 aromatic heterocycles. The fourth-order valence-electron chi connectivity index (χ4n) is 1.81. The number of hydrogen-bond donors (Lipinski definition) is 1. The number of rotatable bonds is 5. The minimum atomic E-state index is -0.141. The van der Waals surface area contributed by atoms with Gasteiger partial charge in [-0.2, -0.15) is 0 Å².